The molecular weight excluding hydrogens is 344 g/mol. The van der Waals surface area contributed by atoms with Crippen LogP contribution in [0.3, 0.4) is 0 Å². The van der Waals surface area contributed by atoms with E-state index in [-0.39, 0.29) is 10.7 Å². The molecule has 1 aromatic rings. The van der Waals surface area contributed by atoms with Crippen molar-refractivity contribution in [3.05, 3.63) is 29.8 Å². The van der Waals surface area contributed by atoms with Crippen molar-refractivity contribution in [2.45, 2.75) is 23.3 Å². The number of aliphatic hydroxyl groups excluding tert-OH is 1. The fourth-order valence-corrected chi connectivity index (χ4v) is 4.09. The molecule has 10 heteroatoms. The van der Waals surface area contributed by atoms with Gasteiger partial charge in [0, 0.05) is 12.0 Å². The molecule has 0 bridgehead atoms. The Morgan fingerprint density at radius 1 is 1.42 bits per heavy atom. The molecule has 0 aliphatic carbocycles. The number of carbonyl (C=O) groups is 1. The predicted molar refractivity (Wildman–Crippen MR) is 80.3 cm³/mol. The van der Waals surface area contributed by atoms with Crippen LogP contribution in [-0.4, -0.2) is 61.8 Å². The van der Waals surface area contributed by atoms with Crippen LogP contribution in [0.1, 0.15) is 12.0 Å². The number of carbonyl (C=O) groups excluding carboxylic acids is 1. The summed E-state index contributed by atoms with van der Waals surface area (Å²) in [5, 5.41) is 9.14. The maximum atomic E-state index is 13.4. The lowest BCUT2D eigenvalue weighted by Crippen LogP contribution is -2.40. The SMILES string of the molecule is O=C(CN=C1NS(=O)(=O)c2ccccc21)N1CC(F)(F)CC1CO. The minimum Gasteiger partial charge on any atom is -0.394 e. The van der Waals surface area contributed by atoms with Gasteiger partial charge in [-0.3, -0.25) is 14.5 Å². The molecule has 2 aliphatic rings. The quantitative estimate of drug-likeness (QED) is 0.791. The van der Waals surface area contributed by atoms with Crippen LogP contribution in [0.2, 0.25) is 0 Å². The van der Waals surface area contributed by atoms with Gasteiger partial charge in [-0.1, -0.05) is 12.1 Å². The van der Waals surface area contributed by atoms with Gasteiger partial charge in [-0.2, -0.15) is 0 Å². The van der Waals surface area contributed by atoms with Gasteiger partial charge < -0.3 is 10.0 Å². The van der Waals surface area contributed by atoms with E-state index >= 15 is 0 Å². The fraction of sp³-hybridized carbons (Fsp3) is 0.429. The van der Waals surface area contributed by atoms with E-state index < -0.39 is 54.0 Å². The highest BCUT2D eigenvalue weighted by Gasteiger charge is 2.46. The van der Waals surface area contributed by atoms with Gasteiger partial charge >= 0.3 is 0 Å². The minimum atomic E-state index is -3.72. The molecule has 130 valence electrons. The summed E-state index contributed by atoms with van der Waals surface area (Å²) in [4.78, 5) is 17.0. The zero-order valence-corrected chi connectivity index (χ0v) is 13.3. The van der Waals surface area contributed by atoms with E-state index in [0.717, 1.165) is 4.90 Å². The maximum absolute atomic E-state index is 13.4. The normalized spacial score (nSPS) is 25.5. The summed E-state index contributed by atoms with van der Waals surface area (Å²) in [6, 6.07) is 5.17. The lowest BCUT2D eigenvalue weighted by molar-refractivity contribution is -0.132. The van der Waals surface area contributed by atoms with Gasteiger partial charge in [0.25, 0.3) is 15.9 Å². The van der Waals surface area contributed by atoms with Crippen LogP contribution in [0.15, 0.2) is 34.2 Å². The molecule has 0 saturated carbocycles. The molecular formula is C14H15F2N3O4S. The Morgan fingerprint density at radius 2 is 2.12 bits per heavy atom. The van der Waals surface area contributed by atoms with Crippen molar-refractivity contribution in [3.63, 3.8) is 0 Å². The van der Waals surface area contributed by atoms with Crippen LogP contribution < -0.4 is 4.72 Å². The Balaban J connectivity index is 1.79. The Morgan fingerprint density at radius 3 is 2.83 bits per heavy atom. The first-order chi connectivity index (χ1) is 11.2. The molecule has 0 aromatic heterocycles. The summed E-state index contributed by atoms with van der Waals surface area (Å²) in [7, 11) is -3.72. The standard InChI is InChI=1S/C14H15F2N3O4S/c15-14(16)5-9(7-20)19(8-14)12(21)6-17-13-10-3-1-2-4-11(10)24(22,23)18-13/h1-4,9,20H,5-8H2,(H,17,18). The number of hydrogen-bond acceptors (Lipinski definition) is 5. The second-order valence-corrected chi connectivity index (χ2v) is 7.34. The van der Waals surface area contributed by atoms with Crippen molar-refractivity contribution in [1.82, 2.24) is 9.62 Å². The number of aliphatic hydroxyl groups is 1. The van der Waals surface area contributed by atoms with Gasteiger partial charge in [-0.05, 0) is 12.1 Å². The smallest absolute Gasteiger partial charge is 0.267 e. The summed E-state index contributed by atoms with van der Waals surface area (Å²) in [5.74, 6) is -3.73. The molecule has 2 aliphatic heterocycles. The van der Waals surface area contributed by atoms with Crippen LogP contribution in [-0.2, 0) is 14.8 Å². The summed E-state index contributed by atoms with van der Waals surface area (Å²) in [6.07, 6.45) is -0.596. The number of benzene rings is 1. The highest BCUT2D eigenvalue weighted by atomic mass is 32.2. The third-order valence-electron chi connectivity index (χ3n) is 3.94. The van der Waals surface area contributed by atoms with Crippen molar-refractivity contribution in [2.24, 2.45) is 4.99 Å². The number of likely N-dealkylation sites (tertiary alicyclic amines) is 1. The number of fused-ring (bicyclic) bond motifs is 1. The summed E-state index contributed by atoms with van der Waals surface area (Å²) in [6.45, 7) is -1.82. The van der Waals surface area contributed by atoms with Crippen LogP contribution in [0.5, 0.6) is 0 Å². The van der Waals surface area contributed by atoms with E-state index in [1.54, 1.807) is 12.1 Å². The molecule has 1 fully saturated rings. The predicted octanol–water partition coefficient (Wildman–Crippen LogP) is -0.0464. The summed E-state index contributed by atoms with van der Waals surface area (Å²) >= 11 is 0. The van der Waals surface area contributed by atoms with E-state index in [1.807, 2.05) is 0 Å². The summed E-state index contributed by atoms with van der Waals surface area (Å²) < 4.78 is 52.9. The topological polar surface area (TPSA) is 99.1 Å². The van der Waals surface area contributed by atoms with Gasteiger partial charge in [0.15, 0.2) is 0 Å². The maximum Gasteiger partial charge on any atom is 0.267 e. The van der Waals surface area contributed by atoms with E-state index in [1.165, 1.54) is 12.1 Å². The Hall–Kier alpha value is -2.07. The zero-order chi connectivity index (χ0) is 17.5. The van der Waals surface area contributed by atoms with Gasteiger partial charge in [0.2, 0.25) is 5.91 Å². The third kappa shape index (κ3) is 2.98. The van der Waals surface area contributed by atoms with E-state index in [4.69, 9.17) is 5.11 Å². The molecule has 3 rings (SSSR count). The Labute approximate surface area is 137 Å². The van der Waals surface area contributed by atoms with Crippen LogP contribution in [0.25, 0.3) is 0 Å². The third-order valence-corrected chi connectivity index (χ3v) is 5.34. The van der Waals surface area contributed by atoms with Crippen LogP contribution >= 0.6 is 0 Å². The zero-order valence-electron chi connectivity index (χ0n) is 12.4. The average molecular weight is 359 g/mol. The molecule has 7 nitrogen and oxygen atoms in total. The number of halogens is 2. The van der Waals surface area contributed by atoms with Crippen molar-refractivity contribution in [2.75, 3.05) is 19.7 Å². The number of amides is 1. The number of nitrogens with zero attached hydrogens (tertiary/aromatic N) is 2. The molecule has 2 N–H and O–H groups in total. The van der Waals surface area contributed by atoms with E-state index in [0.29, 0.717) is 5.56 Å². The molecule has 0 spiro atoms. The van der Waals surface area contributed by atoms with Crippen molar-refractivity contribution in [3.8, 4) is 0 Å². The molecule has 1 amide bonds. The lowest BCUT2D eigenvalue weighted by atomic mass is 10.2. The van der Waals surface area contributed by atoms with Gasteiger partial charge in [-0.15, -0.1) is 0 Å². The number of aliphatic imine (C=N–C) groups is 1. The molecule has 24 heavy (non-hydrogen) atoms. The van der Waals surface area contributed by atoms with E-state index in [2.05, 4.69) is 9.71 Å². The Bertz CT molecular complexity index is 810. The number of hydrogen-bond donors (Lipinski definition) is 2. The highest BCUT2D eigenvalue weighted by Crippen LogP contribution is 2.31. The number of alkyl halides is 2. The highest BCUT2D eigenvalue weighted by molar-refractivity contribution is 7.90. The first kappa shape index (κ1) is 16.8. The van der Waals surface area contributed by atoms with Gasteiger partial charge in [0.05, 0.1) is 24.1 Å². The molecule has 2 heterocycles. The second kappa shape index (κ2) is 5.78. The van der Waals surface area contributed by atoms with Crippen LogP contribution in [0.4, 0.5) is 8.78 Å². The first-order valence-electron chi connectivity index (χ1n) is 7.18. The van der Waals surface area contributed by atoms with Crippen LogP contribution in [0, 0.1) is 0 Å². The summed E-state index contributed by atoms with van der Waals surface area (Å²) in [5.41, 5.74) is 0.329. The first-order valence-corrected chi connectivity index (χ1v) is 8.67. The number of nitrogens with one attached hydrogen (secondary N) is 1. The van der Waals surface area contributed by atoms with Gasteiger partial charge in [0.1, 0.15) is 12.4 Å². The largest absolute Gasteiger partial charge is 0.394 e. The number of sulfonamides is 1. The fourth-order valence-electron chi connectivity index (χ4n) is 2.84. The molecule has 1 atom stereocenters. The Kier molecular flexibility index (Phi) is 4.04. The molecule has 1 saturated heterocycles. The number of rotatable bonds is 3. The van der Waals surface area contributed by atoms with Crippen molar-refractivity contribution in [1.29, 1.82) is 0 Å². The molecule has 0 radical (unpaired) electrons. The minimum absolute atomic E-state index is 0.00505. The number of amidine groups is 1. The molecule has 1 aromatic carbocycles. The van der Waals surface area contributed by atoms with Crippen molar-refractivity contribution >= 4 is 21.8 Å². The second-order valence-electron chi connectivity index (χ2n) is 5.68. The van der Waals surface area contributed by atoms with Crippen molar-refractivity contribution < 1.29 is 27.1 Å². The monoisotopic (exact) mass is 359 g/mol. The molecule has 1 unspecified atom stereocenters. The van der Waals surface area contributed by atoms with Gasteiger partial charge in [-0.25, -0.2) is 17.2 Å². The average Bonchev–Trinajstić information content (AvgIpc) is 2.99. The lowest BCUT2D eigenvalue weighted by Gasteiger charge is -2.21. The van der Waals surface area contributed by atoms with E-state index in [9.17, 15) is 22.0 Å².